The number of nitrogens with zero attached hydrogens (tertiary/aromatic N) is 3. The van der Waals surface area contributed by atoms with E-state index in [4.69, 9.17) is 9.15 Å². The zero-order valence-electron chi connectivity index (χ0n) is 16.9. The van der Waals surface area contributed by atoms with Crippen molar-refractivity contribution in [2.45, 2.75) is 13.0 Å². The quantitative estimate of drug-likeness (QED) is 0.671. The number of oxazole rings is 1. The molecule has 0 radical (unpaired) electrons. The summed E-state index contributed by atoms with van der Waals surface area (Å²) in [5.41, 5.74) is 1.86. The van der Waals surface area contributed by atoms with Crippen LogP contribution in [0.15, 0.2) is 46.9 Å². The van der Waals surface area contributed by atoms with Gasteiger partial charge in [0.15, 0.2) is 5.58 Å². The highest BCUT2D eigenvalue weighted by Gasteiger charge is 2.19. The summed E-state index contributed by atoms with van der Waals surface area (Å²) in [6.07, 6.45) is 0.946. The summed E-state index contributed by atoms with van der Waals surface area (Å²) in [6, 6.07) is 11.7. The van der Waals surface area contributed by atoms with Crippen LogP contribution in [0.5, 0.6) is 5.75 Å². The number of carbonyl (C=O) groups is 1. The normalized spacial score (nSPS) is 15.8. The van der Waals surface area contributed by atoms with Crippen molar-refractivity contribution in [2.75, 3.05) is 45.2 Å². The Labute approximate surface area is 174 Å². The molecule has 0 atom stereocenters. The van der Waals surface area contributed by atoms with Gasteiger partial charge < -0.3 is 14.5 Å². The van der Waals surface area contributed by atoms with Gasteiger partial charge >= 0.3 is 0 Å². The number of methoxy groups -OCH3 is 1. The van der Waals surface area contributed by atoms with Crippen molar-refractivity contribution in [3.8, 4) is 5.75 Å². The lowest BCUT2D eigenvalue weighted by atomic mass is 10.3. The number of hydrogen-bond acceptors (Lipinski definition) is 6. The predicted octanol–water partition coefficient (Wildman–Crippen LogP) is 3.12. The van der Waals surface area contributed by atoms with Crippen molar-refractivity contribution < 1.29 is 18.3 Å². The Morgan fingerprint density at radius 1 is 1.17 bits per heavy atom. The number of anilines is 1. The van der Waals surface area contributed by atoms with Gasteiger partial charge in [-0.1, -0.05) is 6.07 Å². The van der Waals surface area contributed by atoms with Crippen LogP contribution in [0.2, 0.25) is 0 Å². The zero-order valence-corrected chi connectivity index (χ0v) is 16.9. The molecule has 158 valence electrons. The number of nitrogens with one attached hydrogen (secondary N) is 1. The van der Waals surface area contributed by atoms with Crippen molar-refractivity contribution in [2.24, 2.45) is 0 Å². The van der Waals surface area contributed by atoms with Gasteiger partial charge in [-0.05, 0) is 43.8 Å². The first-order valence-corrected chi connectivity index (χ1v) is 10.0. The fraction of sp³-hybridized carbons (Fsp3) is 0.364. The van der Waals surface area contributed by atoms with Gasteiger partial charge in [0.25, 0.3) is 0 Å². The SMILES string of the molecule is COc1cccc(NC(=O)CN2CCCN(Cc3nc4ccc(F)cc4o3)CC2)c1. The molecule has 1 aliphatic rings. The molecule has 3 aromatic rings. The van der Waals surface area contributed by atoms with Gasteiger partial charge in [0, 0.05) is 30.9 Å². The summed E-state index contributed by atoms with van der Waals surface area (Å²) in [4.78, 5) is 21.3. The lowest BCUT2D eigenvalue weighted by molar-refractivity contribution is -0.117. The molecule has 0 aliphatic carbocycles. The minimum absolute atomic E-state index is 0.0438. The second-order valence-electron chi connectivity index (χ2n) is 7.41. The second-order valence-corrected chi connectivity index (χ2v) is 7.41. The molecule has 1 aromatic heterocycles. The maximum Gasteiger partial charge on any atom is 0.238 e. The van der Waals surface area contributed by atoms with Gasteiger partial charge in [0.05, 0.1) is 20.2 Å². The highest BCUT2D eigenvalue weighted by molar-refractivity contribution is 5.92. The number of halogens is 1. The maximum absolute atomic E-state index is 13.3. The number of amides is 1. The molecule has 1 aliphatic heterocycles. The van der Waals surface area contributed by atoms with Crippen LogP contribution in [0.3, 0.4) is 0 Å². The molecule has 1 N–H and O–H groups in total. The number of hydrogen-bond donors (Lipinski definition) is 1. The topological polar surface area (TPSA) is 70.8 Å². The predicted molar refractivity (Wildman–Crippen MR) is 112 cm³/mol. The van der Waals surface area contributed by atoms with Gasteiger partial charge in [0.1, 0.15) is 17.1 Å². The van der Waals surface area contributed by atoms with Gasteiger partial charge in [0.2, 0.25) is 11.8 Å². The molecule has 1 fully saturated rings. The van der Waals surface area contributed by atoms with E-state index < -0.39 is 0 Å². The number of benzene rings is 2. The first kappa shape index (κ1) is 20.3. The number of carbonyl (C=O) groups excluding carboxylic acids is 1. The average molecular weight is 412 g/mol. The molecule has 0 bridgehead atoms. The van der Waals surface area contributed by atoms with Crippen molar-refractivity contribution in [1.82, 2.24) is 14.8 Å². The fourth-order valence-electron chi connectivity index (χ4n) is 3.65. The standard InChI is InChI=1S/C22H25FN4O3/c1-29-18-5-2-4-17(13-18)24-21(28)14-26-8-3-9-27(11-10-26)15-22-25-19-7-6-16(23)12-20(19)30-22/h2,4-7,12-13H,3,8-11,14-15H2,1H3,(H,24,28). The summed E-state index contributed by atoms with van der Waals surface area (Å²) < 4.78 is 24.2. The molecule has 8 heteroatoms. The molecular weight excluding hydrogens is 387 g/mol. The van der Waals surface area contributed by atoms with E-state index in [9.17, 15) is 9.18 Å². The number of rotatable bonds is 6. The molecule has 2 aromatic carbocycles. The molecule has 7 nitrogen and oxygen atoms in total. The van der Waals surface area contributed by atoms with Crippen LogP contribution in [0, 0.1) is 5.82 Å². The van der Waals surface area contributed by atoms with E-state index in [0.717, 1.165) is 38.3 Å². The summed E-state index contributed by atoms with van der Waals surface area (Å²) in [5, 5.41) is 2.92. The molecular formula is C22H25FN4O3. The highest BCUT2D eigenvalue weighted by Crippen LogP contribution is 2.19. The third-order valence-corrected chi connectivity index (χ3v) is 5.16. The lowest BCUT2D eigenvalue weighted by Gasteiger charge is -2.20. The number of ether oxygens (including phenoxy) is 1. The van der Waals surface area contributed by atoms with Gasteiger partial charge in [-0.15, -0.1) is 0 Å². The van der Waals surface area contributed by atoms with Crippen LogP contribution in [-0.2, 0) is 11.3 Å². The third kappa shape index (κ3) is 5.14. The molecule has 2 heterocycles. The summed E-state index contributed by atoms with van der Waals surface area (Å²) in [6.45, 7) is 4.23. The Bertz CT molecular complexity index is 1020. The van der Waals surface area contributed by atoms with E-state index in [0.29, 0.717) is 35.8 Å². The van der Waals surface area contributed by atoms with E-state index >= 15 is 0 Å². The van der Waals surface area contributed by atoms with E-state index in [1.165, 1.54) is 12.1 Å². The fourth-order valence-corrected chi connectivity index (χ4v) is 3.65. The summed E-state index contributed by atoms with van der Waals surface area (Å²) in [7, 11) is 1.60. The largest absolute Gasteiger partial charge is 0.497 e. The van der Waals surface area contributed by atoms with Gasteiger partial charge in [-0.3, -0.25) is 14.6 Å². The minimum Gasteiger partial charge on any atom is -0.497 e. The smallest absolute Gasteiger partial charge is 0.238 e. The van der Waals surface area contributed by atoms with E-state index in [1.54, 1.807) is 19.2 Å². The Morgan fingerprint density at radius 2 is 2.00 bits per heavy atom. The Balaban J connectivity index is 1.29. The highest BCUT2D eigenvalue weighted by atomic mass is 19.1. The first-order chi connectivity index (χ1) is 14.6. The van der Waals surface area contributed by atoms with Gasteiger partial charge in [-0.25, -0.2) is 9.37 Å². The molecule has 0 spiro atoms. The third-order valence-electron chi connectivity index (χ3n) is 5.16. The van der Waals surface area contributed by atoms with Crippen LogP contribution < -0.4 is 10.1 Å². The average Bonchev–Trinajstić information content (AvgIpc) is 2.99. The van der Waals surface area contributed by atoms with Gasteiger partial charge in [-0.2, -0.15) is 0 Å². The number of aromatic nitrogens is 1. The molecule has 0 unspecified atom stereocenters. The van der Waals surface area contributed by atoms with Crippen LogP contribution in [-0.4, -0.2) is 60.5 Å². The van der Waals surface area contributed by atoms with E-state index in [2.05, 4.69) is 20.1 Å². The lowest BCUT2D eigenvalue weighted by Crippen LogP contribution is -2.36. The van der Waals surface area contributed by atoms with Crippen molar-refractivity contribution >= 4 is 22.7 Å². The molecule has 1 amide bonds. The molecule has 30 heavy (non-hydrogen) atoms. The zero-order chi connectivity index (χ0) is 20.9. The molecule has 0 saturated carbocycles. The van der Waals surface area contributed by atoms with E-state index in [1.807, 2.05) is 18.2 Å². The van der Waals surface area contributed by atoms with Crippen LogP contribution in [0.1, 0.15) is 12.3 Å². The van der Waals surface area contributed by atoms with Crippen molar-refractivity contribution in [3.05, 3.63) is 54.2 Å². The van der Waals surface area contributed by atoms with Crippen LogP contribution in [0.25, 0.3) is 11.1 Å². The molecule has 4 rings (SSSR count). The number of fused-ring (bicyclic) bond motifs is 1. The van der Waals surface area contributed by atoms with Crippen molar-refractivity contribution in [3.63, 3.8) is 0 Å². The maximum atomic E-state index is 13.3. The minimum atomic E-state index is -0.331. The molecule has 1 saturated heterocycles. The monoisotopic (exact) mass is 412 g/mol. The van der Waals surface area contributed by atoms with Crippen LogP contribution >= 0.6 is 0 Å². The Morgan fingerprint density at radius 3 is 2.87 bits per heavy atom. The second kappa shape index (κ2) is 9.23. The van der Waals surface area contributed by atoms with Crippen molar-refractivity contribution in [1.29, 1.82) is 0 Å². The Kier molecular flexibility index (Phi) is 6.25. The van der Waals surface area contributed by atoms with E-state index in [-0.39, 0.29) is 11.7 Å². The first-order valence-electron chi connectivity index (χ1n) is 10.0. The van der Waals surface area contributed by atoms with Crippen LogP contribution in [0.4, 0.5) is 10.1 Å². The summed E-state index contributed by atoms with van der Waals surface area (Å²) in [5.74, 6) is 0.917. The summed E-state index contributed by atoms with van der Waals surface area (Å²) >= 11 is 0. The Hall–Kier alpha value is -2.97.